The molecule has 0 bridgehead atoms. The van der Waals surface area contributed by atoms with E-state index in [1.165, 1.54) is 24.0 Å². The van der Waals surface area contributed by atoms with Crippen LogP contribution in [-0.4, -0.2) is 11.1 Å². The Hall–Kier alpha value is -3.33. The van der Waals surface area contributed by atoms with Crippen LogP contribution in [0.2, 0.25) is 0 Å². The lowest BCUT2D eigenvalue weighted by atomic mass is 10.1. The second kappa shape index (κ2) is 11.5. The number of nitrogens with one attached hydrogen (secondary N) is 1. The Kier molecular flexibility index (Phi) is 7.97. The monoisotopic (exact) mass is 438 g/mol. The highest BCUT2D eigenvalue weighted by atomic mass is 16.1. The molecular weight excluding hydrogens is 404 g/mol. The zero-order chi connectivity index (χ0) is 22.9. The Balaban J connectivity index is 1.64. The van der Waals surface area contributed by atoms with Crippen LogP contribution in [0.25, 0.3) is 10.9 Å². The van der Waals surface area contributed by atoms with E-state index in [1.54, 1.807) is 0 Å². The minimum Gasteiger partial charge on any atom is -0.384 e. The van der Waals surface area contributed by atoms with E-state index in [0.717, 1.165) is 61.1 Å². The van der Waals surface area contributed by atoms with Crippen LogP contribution >= 0.6 is 0 Å². The summed E-state index contributed by atoms with van der Waals surface area (Å²) >= 11 is 0. The summed E-state index contributed by atoms with van der Waals surface area (Å²) in [5.74, 6) is 0. The molecule has 1 N–H and O–H groups in total. The largest absolute Gasteiger partial charge is 0.384 e. The molecule has 3 heteroatoms. The fraction of sp³-hybridized carbons (Fsp3) is 0.300. The lowest BCUT2D eigenvalue weighted by Gasteiger charge is -2.19. The fourth-order valence-electron chi connectivity index (χ4n) is 4.53. The number of pyridine rings is 1. The number of aryl methyl sites for hydroxylation is 3. The molecule has 0 saturated heterocycles. The van der Waals surface area contributed by atoms with Crippen LogP contribution in [0.1, 0.15) is 43.0 Å². The van der Waals surface area contributed by atoms with Crippen molar-refractivity contribution in [1.82, 2.24) is 4.57 Å². The van der Waals surface area contributed by atoms with Crippen LogP contribution in [-0.2, 0) is 25.8 Å². The Labute approximate surface area is 197 Å². The summed E-state index contributed by atoms with van der Waals surface area (Å²) in [4.78, 5) is 13.3. The van der Waals surface area contributed by atoms with E-state index in [2.05, 4.69) is 83.5 Å². The number of aromatic nitrogens is 1. The summed E-state index contributed by atoms with van der Waals surface area (Å²) in [5, 5.41) is 4.34. The Morgan fingerprint density at radius 1 is 0.758 bits per heavy atom. The van der Waals surface area contributed by atoms with Crippen molar-refractivity contribution in [2.45, 2.75) is 52.0 Å². The molecule has 0 aliphatic carbocycles. The van der Waals surface area contributed by atoms with E-state index in [-0.39, 0.29) is 5.43 Å². The third-order valence-corrected chi connectivity index (χ3v) is 6.30. The average molecular weight is 439 g/mol. The lowest BCUT2D eigenvalue weighted by molar-refractivity contribution is 0.636. The maximum Gasteiger partial charge on any atom is 0.191 e. The number of anilines is 1. The van der Waals surface area contributed by atoms with Gasteiger partial charge in [0.2, 0.25) is 0 Å². The summed E-state index contributed by atoms with van der Waals surface area (Å²) in [5.41, 5.74) is 5.86. The Morgan fingerprint density at radius 3 is 2.15 bits per heavy atom. The van der Waals surface area contributed by atoms with Gasteiger partial charge < -0.3 is 9.88 Å². The van der Waals surface area contributed by atoms with Crippen LogP contribution in [0.15, 0.2) is 89.7 Å². The van der Waals surface area contributed by atoms with E-state index in [4.69, 9.17) is 0 Å². The Bertz CT molecular complexity index is 1210. The quantitative estimate of drug-likeness (QED) is 0.267. The van der Waals surface area contributed by atoms with Crippen molar-refractivity contribution in [1.29, 1.82) is 0 Å². The molecule has 33 heavy (non-hydrogen) atoms. The zero-order valence-corrected chi connectivity index (χ0v) is 19.6. The molecule has 170 valence electrons. The zero-order valence-electron chi connectivity index (χ0n) is 19.6. The van der Waals surface area contributed by atoms with Crippen molar-refractivity contribution in [3.8, 4) is 0 Å². The standard InChI is InChI=1S/C30H34N2O/c1-2-3-6-16-26-23-29(33)30-27(31-21-19-24-12-7-4-8-13-24)17-11-18-28(30)32(26)22-20-25-14-9-5-10-15-25/h4-5,7-15,17-18,23,31H,2-3,6,16,19-22H2,1H3. The van der Waals surface area contributed by atoms with Crippen LogP contribution in [0.3, 0.4) is 0 Å². The maximum atomic E-state index is 13.3. The number of unbranched alkanes of at least 4 members (excludes halogenated alkanes) is 2. The highest BCUT2D eigenvalue weighted by molar-refractivity contribution is 5.91. The third-order valence-electron chi connectivity index (χ3n) is 6.30. The van der Waals surface area contributed by atoms with Gasteiger partial charge in [-0.2, -0.15) is 0 Å². The minimum absolute atomic E-state index is 0.121. The second-order valence-electron chi connectivity index (χ2n) is 8.71. The smallest absolute Gasteiger partial charge is 0.191 e. The van der Waals surface area contributed by atoms with Crippen LogP contribution in [0.5, 0.6) is 0 Å². The number of benzene rings is 3. The summed E-state index contributed by atoms with van der Waals surface area (Å²) < 4.78 is 2.38. The number of nitrogens with zero attached hydrogens (tertiary/aromatic N) is 1. The first kappa shape index (κ1) is 22.8. The van der Waals surface area contributed by atoms with Crippen molar-refractivity contribution < 1.29 is 0 Å². The van der Waals surface area contributed by atoms with Gasteiger partial charge >= 0.3 is 0 Å². The minimum atomic E-state index is 0.121. The fourth-order valence-corrected chi connectivity index (χ4v) is 4.53. The normalized spacial score (nSPS) is 11.1. The molecule has 0 saturated carbocycles. The van der Waals surface area contributed by atoms with Crippen molar-refractivity contribution in [3.63, 3.8) is 0 Å². The second-order valence-corrected chi connectivity index (χ2v) is 8.71. The third kappa shape index (κ3) is 5.92. The summed E-state index contributed by atoms with van der Waals surface area (Å²) in [7, 11) is 0. The van der Waals surface area contributed by atoms with Gasteiger partial charge in [0.05, 0.1) is 10.9 Å². The topological polar surface area (TPSA) is 34.0 Å². The highest BCUT2D eigenvalue weighted by Crippen LogP contribution is 2.23. The van der Waals surface area contributed by atoms with Gasteiger partial charge in [-0.25, -0.2) is 0 Å². The van der Waals surface area contributed by atoms with Crippen LogP contribution < -0.4 is 10.7 Å². The number of fused-ring (bicyclic) bond motifs is 1. The van der Waals surface area contributed by atoms with Gasteiger partial charge in [-0.05, 0) is 48.9 Å². The summed E-state index contributed by atoms with van der Waals surface area (Å²) in [6, 6.07) is 29.2. The van der Waals surface area contributed by atoms with E-state index in [9.17, 15) is 4.79 Å². The molecular formula is C30H34N2O. The molecule has 0 atom stereocenters. The molecule has 4 rings (SSSR count). The van der Waals surface area contributed by atoms with Crippen molar-refractivity contribution >= 4 is 16.6 Å². The van der Waals surface area contributed by atoms with E-state index in [1.807, 2.05) is 18.2 Å². The number of hydrogen-bond acceptors (Lipinski definition) is 2. The molecule has 0 radical (unpaired) electrons. The molecule has 0 spiro atoms. The van der Waals surface area contributed by atoms with Gasteiger partial charge in [-0.1, -0.05) is 86.5 Å². The lowest BCUT2D eigenvalue weighted by Crippen LogP contribution is -2.17. The molecule has 0 amide bonds. The van der Waals surface area contributed by atoms with E-state index in [0.29, 0.717) is 0 Å². The highest BCUT2D eigenvalue weighted by Gasteiger charge is 2.13. The first-order valence-corrected chi connectivity index (χ1v) is 12.2. The van der Waals surface area contributed by atoms with Crippen molar-refractivity contribution in [2.24, 2.45) is 0 Å². The van der Waals surface area contributed by atoms with Crippen LogP contribution in [0, 0.1) is 0 Å². The average Bonchev–Trinajstić information content (AvgIpc) is 2.85. The molecule has 0 unspecified atom stereocenters. The number of hydrogen-bond donors (Lipinski definition) is 1. The van der Waals surface area contributed by atoms with Gasteiger partial charge in [0.25, 0.3) is 0 Å². The van der Waals surface area contributed by atoms with E-state index >= 15 is 0 Å². The number of rotatable bonds is 11. The Morgan fingerprint density at radius 2 is 1.45 bits per heavy atom. The first-order chi connectivity index (χ1) is 16.3. The predicted molar refractivity (Wildman–Crippen MR) is 140 cm³/mol. The van der Waals surface area contributed by atoms with Gasteiger partial charge in [0.15, 0.2) is 5.43 Å². The molecule has 0 aliphatic heterocycles. The molecule has 0 aliphatic rings. The summed E-state index contributed by atoms with van der Waals surface area (Å²) in [6.07, 6.45) is 6.30. The van der Waals surface area contributed by atoms with E-state index < -0.39 is 0 Å². The molecule has 0 fully saturated rings. The van der Waals surface area contributed by atoms with Crippen molar-refractivity contribution in [3.05, 3.63) is 112 Å². The van der Waals surface area contributed by atoms with Gasteiger partial charge in [0.1, 0.15) is 0 Å². The van der Waals surface area contributed by atoms with Gasteiger partial charge in [-0.15, -0.1) is 0 Å². The van der Waals surface area contributed by atoms with Gasteiger partial charge in [0, 0.05) is 30.5 Å². The maximum absolute atomic E-state index is 13.3. The molecule has 3 aromatic carbocycles. The summed E-state index contributed by atoms with van der Waals surface area (Å²) in [6.45, 7) is 3.89. The van der Waals surface area contributed by atoms with Crippen LogP contribution in [0.4, 0.5) is 5.69 Å². The van der Waals surface area contributed by atoms with Crippen molar-refractivity contribution in [2.75, 3.05) is 11.9 Å². The molecule has 4 aromatic rings. The van der Waals surface area contributed by atoms with Gasteiger partial charge in [-0.3, -0.25) is 4.79 Å². The molecule has 3 nitrogen and oxygen atoms in total. The SMILES string of the molecule is CCCCCc1cc(=O)c2c(NCCc3ccccc3)cccc2n1CCc1ccccc1. The molecule has 1 aromatic heterocycles. The first-order valence-electron chi connectivity index (χ1n) is 12.2. The molecule has 1 heterocycles. The predicted octanol–water partition coefficient (Wildman–Crippen LogP) is 6.63.